The van der Waals surface area contributed by atoms with Crippen molar-refractivity contribution in [2.75, 3.05) is 34.4 Å². The number of hydrogen-bond acceptors (Lipinski definition) is 6. The lowest BCUT2D eigenvalue weighted by molar-refractivity contribution is -0.142. The number of likely N-dealkylation sites (tertiary alicyclic amines) is 1. The molecule has 0 spiro atoms. The Balaban J connectivity index is 1.85. The molecular formula is C23H30N2O4. The van der Waals surface area contributed by atoms with Crippen molar-refractivity contribution in [1.29, 1.82) is 0 Å². The molecule has 2 aromatic rings. The summed E-state index contributed by atoms with van der Waals surface area (Å²) in [4.78, 5) is 14.0. The molecule has 0 saturated carbocycles. The fourth-order valence-electron chi connectivity index (χ4n) is 3.84. The van der Waals surface area contributed by atoms with Crippen molar-refractivity contribution in [3.63, 3.8) is 0 Å². The van der Waals surface area contributed by atoms with Crippen LogP contribution in [-0.2, 0) is 22.5 Å². The summed E-state index contributed by atoms with van der Waals surface area (Å²) in [6.07, 6.45) is 2.95. The molecule has 1 fully saturated rings. The van der Waals surface area contributed by atoms with Gasteiger partial charge in [-0.15, -0.1) is 0 Å². The second kappa shape index (κ2) is 9.76. The highest BCUT2D eigenvalue weighted by atomic mass is 16.5. The Morgan fingerprint density at radius 1 is 1.00 bits per heavy atom. The Kier molecular flexibility index (Phi) is 7.12. The zero-order chi connectivity index (χ0) is 20.8. The van der Waals surface area contributed by atoms with Crippen LogP contribution in [0.1, 0.15) is 24.0 Å². The van der Waals surface area contributed by atoms with Gasteiger partial charge in [0.2, 0.25) is 0 Å². The summed E-state index contributed by atoms with van der Waals surface area (Å²) in [6, 6.07) is 11.5. The molecule has 0 unspecified atom stereocenters. The summed E-state index contributed by atoms with van der Waals surface area (Å²) >= 11 is 0. The van der Waals surface area contributed by atoms with Gasteiger partial charge >= 0.3 is 5.97 Å². The lowest BCUT2D eigenvalue weighted by atomic mass is 9.98. The number of benzene rings is 2. The van der Waals surface area contributed by atoms with Crippen LogP contribution in [0.5, 0.6) is 11.5 Å². The standard InChI is InChI=1S/C23H30N2O4/c1-27-20-13-17(15-25-10-4-5-11-25)14-21(28-2)22(20)18-8-6-16(7-9-18)12-19(24)23(26)29-3/h6-9,13-14,19H,4-5,10-12,15,24H2,1-3H3/t19-/m0/s1. The highest BCUT2D eigenvalue weighted by Gasteiger charge is 2.19. The summed E-state index contributed by atoms with van der Waals surface area (Å²) in [5.74, 6) is 1.17. The number of rotatable bonds is 8. The number of hydrogen-bond donors (Lipinski definition) is 1. The smallest absolute Gasteiger partial charge is 0.322 e. The van der Waals surface area contributed by atoms with Crippen molar-refractivity contribution in [3.05, 3.63) is 47.5 Å². The Morgan fingerprint density at radius 3 is 2.10 bits per heavy atom. The average Bonchev–Trinajstić information content (AvgIpc) is 3.26. The van der Waals surface area contributed by atoms with Gasteiger partial charge in [0.15, 0.2) is 0 Å². The highest BCUT2D eigenvalue weighted by Crippen LogP contribution is 2.40. The summed E-state index contributed by atoms with van der Waals surface area (Å²) in [5.41, 5.74) is 9.93. The third-order valence-electron chi connectivity index (χ3n) is 5.37. The number of ether oxygens (including phenoxy) is 3. The molecule has 2 N–H and O–H groups in total. The largest absolute Gasteiger partial charge is 0.496 e. The maximum absolute atomic E-state index is 11.5. The summed E-state index contributed by atoms with van der Waals surface area (Å²) in [6.45, 7) is 3.18. The van der Waals surface area contributed by atoms with Crippen LogP contribution < -0.4 is 15.2 Å². The van der Waals surface area contributed by atoms with Crippen LogP contribution in [0.2, 0.25) is 0 Å². The Bertz CT molecular complexity index is 804. The molecule has 1 heterocycles. The topological polar surface area (TPSA) is 74.0 Å². The SMILES string of the molecule is COC(=O)[C@@H](N)Cc1ccc(-c2c(OC)cc(CN3CCCC3)cc2OC)cc1. The Hall–Kier alpha value is -2.57. The lowest BCUT2D eigenvalue weighted by Crippen LogP contribution is -2.33. The predicted molar refractivity (Wildman–Crippen MR) is 113 cm³/mol. The molecule has 1 saturated heterocycles. The molecular weight excluding hydrogens is 368 g/mol. The molecule has 0 aromatic heterocycles. The van der Waals surface area contributed by atoms with Gasteiger partial charge in [0, 0.05) is 6.54 Å². The van der Waals surface area contributed by atoms with E-state index in [2.05, 4.69) is 17.0 Å². The van der Waals surface area contributed by atoms with Gasteiger partial charge in [-0.05, 0) is 61.2 Å². The van der Waals surface area contributed by atoms with Crippen LogP contribution in [0.3, 0.4) is 0 Å². The number of esters is 1. The van der Waals surface area contributed by atoms with E-state index in [0.29, 0.717) is 6.42 Å². The number of carbonyl (C=O) groups is 1. The van der Waals surface area contributed by atoms with Crippen LogP contribution >= 0.6 is 0 Å². The first-order valence-corrected chi connectivity index (χ1v) is 9.95. The van der Waals surface area contributed by atoms with Crippen LogP contribution in [0, 0.1) is 0 Å². The van der Waals surface area contributed by atoms with Crippen molar-refractivity contribution < 1.29 is 19.0 Å². The quantitative estimate of drug-likeness (QED) is 0.689. The average molecular weight is 399 g/mol. The van der Waals surface area contributed by atoms with Crippen molar-refractivity contribution in [2.24, 2.45) is 5.73 Å². The van der Waals surface area contributed by atoms with Gasteiger partial charge in [0.1, 0.15) is 17.5 Å². The van der Waals surface area contributed by atoms with E-state index < -0.39 is 12.0 Å². The van der Waals surface area contributed by atoms with E-state index in [1.807, 2.05) is 24.3 Å². The van der Waals surface area contributed by atoms with E-state index in [9.17, 15) is 4.79 Å². The second-order valence-corrected chi connectivity index (χ2v) is 7.39. The first-order valence-electron chi connectivity index (χ1n) is 9.95. The molecule has 0 amide bonds. The molecule has 6 heteroatoms. The molecule has 3 rings (SSSR count). The van der Waals surface area contributed by atoms with E-state index in [1.165, 1.54) is 25.5 Å². The number of methoxy groups -OCH3 is 3. The van der Waals surface area contributed by atoms with Gasteiger partial charge in [-0.1, -0.05) is 24.3 Å². The molecule has 1 atom stereocenters. The Labute approximate surface area is 172 Å². The molecule has 156 valence electrons. The number of nitrogens with zero attached hydrogens (tertiary/aromatic N) is 1. The minimum atomic E-state index is -0.667. The van der Waals surface area contributed by atoms with Crippen LogP contribution in [0.15, 0.2) is 36.4 Å². The molecule has 1 aliphatic rings. The van der Waals surface area contributed by atoms with Crippen molar-refractivity contribution in [2.45, 2.75) is 31.8 Å². The third kappa shape index (κ3) is 5.08. The van der Waals surface area contributed by atoms with Crippen molar-refractivity contribution in [1.82, 2.24) is 4.90 Å². The van der Waals surface area contributed by atoms with E-state index >= 15 is 0 Å². The van der Waals surface area contributed by atoms with Crippen LogP contribution in [0.25, 0.3) is 11.1 Å². The zero-order valence-corrected chi connectivity index (χ0v) is 17.4. The number of carbonyl (C=O) groups excluding carboxylic acids is 1. The van der Waals surface area contributed by atoms with Gasteiger partial charge in [-0.25, -0.2) is 0 Å². The second-order valence-electron chi connectivity index (χ2n) is 7.39. The lowest BCUT2D eigenvalue weighted by Gasteiger charge is -2.19. The van der Waals surface area contributed by atoms with Gasteiger partial charge < -0.3 is 19.9 Å². The molecule has 6 nitrogen and oxygen atoms in total. The zero-order valence-electron chi connectivity index (χ0n) is 17.4. The molecule has 0 aliphatic carbocycles. The molecule has 29 heavy (non-hydrogen) atoms. The van der Waals surface area contributed by atoms with E-state index in [4.69, 9.17) is 19.9 Å². The summed E-state index contributed by atoms with van der Waals surface area (Å²) in [5, 5.41) is 0. The van der Waals surface area contributed by atoms with E-state index in [1.54, 1.807) is 14.2 Å². The third-order valence-corrected chi connectivity index (χ3v) is 5.37. The van der Waals surface area contributed by atoms with E-state index in [0.717, 1.165) is 47.8 Å². The highest BCUT2D eigenvalue weighted by molar-refractivity contribution is 5.78. The van der Waals surface area contributed by atoms with Gasteiger partial charge in [-0.3, -0.25) is 9.69 Å². The van der Waals surface area contributed by atoms with Gasteiger partial charge in [0.25, 0.3) is 0 Å². The molecule has 1 aliphatic heterocycles. The first kappa shape index (κ1) is 21.1. The van der Waals surface area contributed by atoms with Crippen LogP contribution in [-0.4, -0.2) is 51.3 Å². The fraction of sp³-hybridized carbons (Fsp3) is 0.435. The van der Waals surface area contributed by atoms with Crippen molar-refractivity contribution in [3.8, 4) is 22.6 Å². The maximum Gasteiger partial charge on any atom is 0.322 e. The van der Waals surface area contributed by atoms with Gasteiger partial charge in [0.05, 0.1) is 26.9 Å². The number of nitrogens with two attached hydrogens (primary N) is 1. The maximum atomic E-state index is 11.5. The van der Waals surface area contributed by atoms with Crippen LogP contribution in [0.4, 0.5) is 0 Å². The minimum Gasteiger partial charge on any atom is -0.496 e. The normalized spacial score (nSPS) is 15.2. The monoisotopic (exact) mass is 398 g/mol. The molecule has 2 aromatic carbocycles. The van der Waals surface area contributed by atoms with Crippen molar-refractivity contribution >= 4 is 5.97 Å². The first-order chi connectivity index (χ1) is 14.0. The van der Waals surface area contributed by atoms with Gasteiger partial charge in [-0.2, -0.15) is 0 Å². The minimum absolute atomic E-state index is 0.411. The van der Waals surface area contributed by atoms with E-state index in [-0.39, 0.29) is 0 Å². The predicted octanol–water partition coefficient (Wildman–Crippen LogP) is 3.01. The Morgan fingerprint density at radius 2 is 1.59 bits per heavy atom. The fourth-order valence-corrected chi connectivity index (χ4v) is 3.84. The molecule has 0 radical (unpaired) electrons. The molecule has 0 bridgehead atoms. The summed E-state index contributed by atoms with van der Waals surface area (Å²) < 4.78 is 16.1. The summed E-state index contributed by atoms with van der Waals surface area (Å²) in [7, 11) is 4.71.